The van der Waals surface area contributed by atoms with Crippen LogP contribution in [0.1, 0.15) is 27.8 Å². The second-order valence-corrected chi connectivity index (χ2v) is 16.2. The van der Waals surface area contributed by atoms with Crippen LogP contribution in [0.5, 0.6) is 0 Å². The van der Waals surface area contributed by atoms with Gasteiger partial charge in [-0.1, -0.05) is 108 Å². The van der Waals surface area contributed by atoms with E-state index in [4.69, 9.17) is 13.1 Å². The fourth-order valence-corrected chi connectivity index (χ4v) is 9.31. The van der Waals surface area contributed by atoms with Gasteiger partial charge in [0.15, 0.2) is 11.4 Å². The molecule has 0 aliphatic rings. The molecule has 0 spiro atoms. The van der Waals surface area contributed by atoms with Gasteiger partial charge in [0, 0.05) is 27.1 Å². The highest BCUT2D eigenvalue weighted by atomic mass is 19.4. The van der Waals surface area contributed by atoms with E-state index in [1.54, 1.807) is 6.07 Å². The molecule has 8 aromatic carbocycles. The average Bonchev–Trinajstić information content (AvgIpc) is 3.77. The van der Waals surface area contributed by atoms with Gasteiger partial charge in [0.25, 0.3) is 0 Å². The molecule has 0 aliphatic heterocycles. The minimum Gasteiger partial charge on any atom is -0.308 e. The Morgan fingerprint density at radius 2 is 0.935 bits per heavy atom. The molecule has 10 aromatic rings. The Morgan fingerprint density at radius 3 is 1.42 bits per heavy atom. The van der Waals surface area contributed by atoms with Crippen LogP contribution in [0.3, 0.4) is 0 Å². The lowest BCUT2D eigenvalue weighted by Crippen LogP contribution is -2.06. The molecule has 298 valence electrons. The van der Waals surface area contributed by atoms with Crippen molar-refractivity contribution in [1.29, 1.82) is 0 Å². The molecule has 0 aliphatic carbocycles. The summed E-state index contributed by atoms with van der Waals surface area (Å²) >= 11 is 0. The van der Waals surface area contributed by atoms with E-state index >= 15 is 0 Å². The van der Waals surface area contributed by atoms with Gasteiger partial charge in [0.05, 0.1) is 46.6 Å². The van der Waals surface area contributed by atoms with Gasteiger partial charge in [-0.2, -0.15) is 13.2 Å². The zero-order valence-electron chi connectivity index (χ0n) is 34.4. The number of alkyl halides is 3. The highest BCUT2D eigenvalue weighted by Gasteiger charge is 2.32. The molecule has 7 heteroatoms. The topological polar surface area (TPSA) is 18.6 Å². The standard InChI is InChI=1S/C55H37F3N4/c1-32-15-19-41(34(3)23-32)36-17-21-45-43-11-7-9-13-49(43)61(51(45)27-36)53-30-47(38-25-39(55(56,57)58)29-40(26-38)59-5)48(60-6)31-54(53)62-50-14-10-8-12-44(50)46-22-18-37(28-52(46)62)42-20-16-33(2)24-35(42)4/h7-31H,1-4H3. The van der Waals surface area contributed by atoms with Gasteiger partial charge in [-0.25, -0.2) is 9.69 Å². The molecule has 2 heterocycles. The number of nitrogens with zero attached hydrogens (tertiary/aromatic N) is 4. The monoisotopic (exact) mass is 810 g/mol. The fourth-order valence-electron chi connectivity index (χ4n) is 9.31. The van der Waals surface area contributed by atoms with Gasteiger partial charge in [0.1, 0.15) is 0 Å². The third-order valence-electron chi connectivity index (χ3n) is 12.1. The predicted octanol–water partition coefficient (Wildman–Crippen LogP) is 16.2. The van der Waals surface area contributed by atoms with Crippen molar-refractivity contribution in [2.45, 2.75) is 33.9 Å². The van der Waals surface area contributed by atoms with E-state index in [-0.39, 0.29) is 16.9 Å². The Bertz CT molecular complexity index is 3590. The highest BCUT2D eigenvalue weighted by Crippen LogP contribution is 2.46. The normalized spacial score (nSPS) is 11.8. The van der Waals surface area contributed by atoms with Crippen LogP contribution in [0.25, 0.3) is 98.1 Å². The molecule has 0 saturated carbocycles. The molecular weight excluding hydrogens is 774 g/mol. The number of aryl methyl sites for hydroxylation is 4. The summed E-state index contributed by atoms with van der Waals surface area (Å²) in [5.74, 6) is 0. The predicted molar refractivity (Wildman–Crippen MR) is 248 cm³/mol. The van der Waals surface area contributed by atoms with Crippen LogP contribution in [0.4, 0.5) is 24.5 Å². The van der Waals surface area contributed by atoms with Crippen molar-refractivity contribution in [3.63, 3.8) is 0 Å². The smallest absolute Gasteiger partial charge is 0.308 e. The van der Waals surface area contributed by atoms with Gasteiger partial charge >= 0.3 is 6.18 Å². The van der Waals surface area contributed by atoms with Crippen LogP contribution in [0.2, 0.25) is 0 Å². The molecule has 62 heavy (non-hydrogen) atoms. The SMILES string of the molecule is [C-]#[N+]c1cc(-c2cc(-n3c4ccccc4c4ccc(-c5ccc(C)cc5C)cc43)c(-n3c4ccccc4c4ccc(-c5ccc(C)cc5C)cc43)cc2[N+]#[C-])cc(C(F)(F)F)c1. The quantitative estimate of drug-likeness (QED) is 0.154. The number of para-hydroxylation sites is 2. The number of fused-ring (bicyclic) bond motifs is 6. The highest BCUT2D eigenvalue weighted by molar-refractivity contribution is 6.13. The lowest BCUT2D eigenvalue weighted by atomic mass is 9.97. The van der Waals surface area contributed by atoms with Gasteiger partial charge < -0.3 is 9.13 Å². The Hall–Kier alpha value is -7.87. The van der Waals surface area contributed by atoms with Crippen molar-refractivity contribution in [2.24, 2.45) is 0 Å². The first-order valence-corrected chi connectivity index (χ1v) is 20.3. The molecule has 0 unspecified atom stereocenters. The first kappa shape index (κ1) is 38.3. The van der Waals surface area contributed by atoms with E-state index in [0.29, 0.717) is 16.9 Å². The minimum atomic E-state index is -4.70. The lowest BCUT2D eigenvalue weighted by Gasteiger charge is -2.21. The molecule has 0 saturated heterocycles. The van der Waals surface area contributed by atoms with Crippen molar-refractivity contribution in [2.75, 3.05) is 0 Å². The van der Waals surface area contributed by atoms with Crippen LogP contribution in [-0.2, 0) is 6.18 Å². The van der Waals surface area contributed by atoms with E-state index in [0.717, 1.165) is 89.1 Å². The maximum Gasteiger partial charge on any atom is 0.415 e. The number of hydrogen-bond donors (Lipinski definition) is 0. The molecule has 0 amide bonds. The average molecular weight is 811 g/mol. The number of aromatic nitrogens is 2. The molecule has 0 N–H and O–H groups in total. The fraction of sp³-hybridized carbons (Fsp3) is 0.0909. The summed E-state index contributed by atoms with van der Waals surface area (Å²) < 4.78 is 47.7. The maximum atomic E-state index is 14.4. The first-order valence-electron chi connectivity index (χ1n) is 20.3. The molecule has 0 fully saturated rings. The Labute approximate surface area is 357 Å². The zero-order valence-corrected chi connectivity index (χ0v) is 34.4. The van der Waals surface area contributed by atoms with Gasteiger partial charge in [-0.15, -0.1) is 0 Å². The Kier molecular flexibility index (Phi) is 8.91. The largest absolute Gasteiger partial charge is 0.415 e. The Balaban J connectivity index is 1.37. The van der Waals surface area contributed by atoms with Crippen LogP contribution < -0.4 is 0 Å². The summed E-state index contributed by atoms with van der Waals surface area (Å²) in [5.41, 5.74) is 13.3. The summed E-state index contributed by atoms with van der Waals surface area (Å²) in [7, 11) is 0. The lowest BCUT2D eigenvalue weighted by molar-refractivity contribution is -0.137. The second kappa shape index (κ2) is 14.4. The zero-order chi connectivity index (χ0) is 43.0. The molecule has 0 radical (unpaired) electrons. The van der Waals surface area contributed by atoms with E-state index in [2.05, 4.69) is 144 Å². The summed E-state index contributed by atoms with van der Waals surface area (Å²) in [4.78, 5) is 7.42. The number of halogens is 3. The molecule has 0 bridgehead atoms. The van der Waals surface area contributed by atoms with Gasteiger partial charge in [0.2, 0.25) is 0 Å². The van der Waals surface area contributed by atoms with Crippen LogP contribution >= 0.6 is 0 Å². The second-order valence-electron chi connectivity index (χ2n) is 16.2. The van der Waals surface area contributed by atoms with Crippen LogP contribution in [0.15, 0.2) is 152 Å². The summed E-state index contributed by atoms with van der Waals surface area (Å²) in [6.07, 6.45) is -4.70. The minimum absolute atomic E-state index is 0.140. The number of rotatable bonds is 5. The third kappa shape index (κ3) is 6.21. The maximum absolute atomic E-state index is 14.4. The molecular formula is C55H37F3N4. The van der Waals surface area contributed by atoms with E-state index in [9.17, 15) is 13.2 Å². The van der Waals surface area contributed by atoms with Crippen molar-refractivity contribution >= 4 is 55.0 Å². The van der Waals surface area contributed by atoms with Crippen molar-refractivity contribution in [3.8, 4) is 44.8 Å². The first-order chi connectivity index (χ1) is 29.9. The van der Waals surface area contributed by atoms with Crippen molar-refractivity contribution in [3.05, 3.63) is 202 Å². The van der Waals surface area contributed by atoms with Crippen molar-refractivity contribution < 1.29 is 13.2 Å². The molecule has 2 aromatic heterocycles. The third-order valence-corrected chi connectivity index (χ3v) is 12.1. The molecule has 4 nitrogen and oxygen atoms in total. The summed E-state index contributed by atoms with van der Waals surface area (Å²) in [6, 6.07) is 49.1. The van der Waals surface area contributed by atoms with Gasteiger partial charge in [-0.3, -0.25) is 0 Å². The van der Waals surface area contributed by atoms with E-state index < -0.39 is 11.7 Å². The Morgan fingerprint density at radius 1 is 0.435 bits per heavy atom. The van der Waals surface area contributed by atoms with Crippen LogP contribution in [0, 0.1) is 40.8 Å². The summed E-state index contributed by atoms with van der Waals surface area (Å²) in [5, 5.41) is 4.05. The number of hydrogen-bond acceptors (Lipinski definition) is 0. The molecule has 0 atom stereocenters. The summed E-state index contributed by atoms with van der Waals surface area (Å²) in [6.45, 7) is 24.7. The van der Waals surface area contributed by atoms with Crippen LogP contribution in [-0.4, -0.2) is 9.13 Å². The van der Waals surface area contributed by atoms with E-state index in [1.807, 2.05) is 30.3 Å². The van der Waals surface area contributed by atoms with Gasteiger partial charge in [-0.05, 0) is 127 Å². The van der Waals surface area contributed by atoms with Crippen molar-refractivity contribution in [1.82, 2.24) is 9.13 Å². The molecule has 10 rings (SSSR count). The number of benzene rings is 8. The van der Waals surface area contributed by atoms with E-state index in [1.165, 1.54) is 17.2 Å².